The topological polar surface area (TPSA) is 74.3 Å². The lowest BCUT2D eigenvalue weighted by Crippen LogP contribution is -2.12. The Labute approximate surface area is 129 Å². The van der Waals surface area contributed by atoms with E-state index in [1.54, 1.807) is 12.3 Å². The molecule has 0 aliphatic heterocycles. The Morgan fingerprint density at radius 1 is 1.33 bits per heavy atom. The zero-order chi connectivity index (χ0) is 15.5. The van der Waals surface area contributed by atoms with Gasteiger partial charge in [0.25, 0.3) is 0 Å². The lowest BCUT2D eigenvalue weighted by molar-refractivity contribution is 0.344. The normalized spacial score (nSPS) is 12.0. The number of aryl methyl sites for hydroxylation is 1. The van der Waals surface area contributed by atoms with Gasteiger partial charge in [-0.25, -0.2) is 13.6 Å². The van der Waals surface area contributed by atoms with E-state index < -0.39 is 10.0 Å². The predicted molar refractivity (Wildman–Crippen MR) is 87.5 cm³/mol. The Kier molecular flexibility index (Phi) is 5.18. The van der Waals surface area contributed by atoms with Crippen LogP contribution in [0.4, 0.5) is 0 Å². The van der Waals surface area contributed by atoms with Crippen LogP contribution in [0.1, 0.15) is 13.8 Å². The highest BCUT2D eigenvalue weighted by Crippen LogP contribution is 2.33. The number of hydrogen-bond acceptors (Lipinski definition) is 4. The van der Waals surface area contributed by atoms with Crippen LogP contribution in [0.3, 0.4) is 0 Å². The summed E-state index contributed by atoms with van der Waals surface area (Å²) in [4.78, 5) is 0.128. The minimum absolute atomic E-state index is 0.128. The van der Waals surface area contributed by atoms with Crippen LogP contribution in [0.15, 0.2) is 29.3 Å². The van der Waals surface area contributed by atoms with Crippen LogP contribution in [0.5, 0.6) is 5.75 Å². The average Bonchev–Trinajstić information content (AvgIpc) is 2.80. The Bertz CT molecular complexity index is 723. The van der Waals surface area contributed by atoms with Crippen molar-refractivity contribution in [2.75, 3.05) is 18.1 Å². The summed E-state index contributed by atoms with van der Waals surface area (Å²) in [6.07, 6.45) is 1.61. The number of sulfonamides is 1. The number of nitrogens with zero attached hydrogens (tertiary/aromatic N) is 1. The van der Waals surface area contributed by atoms with E-state index in [1.165, 1.54) is 0 Å². The van der Waals surface area contributed by atoms with Gasteiger partial charge in [-0.3, -0.25) is 0 Å². The molecule has 116 valence electrons. The van der Waals surface area contributed by atoms with Gasteiger partial charge in [-0.05, 0) is 24.8 Å². The van der Waals surface area contributed by atoms with Crippen LogP contribution in [-0.2, 0) is 16.6 Å². The van der Waals surface area contributed by atoms with Crippen LogP contribution < -0.4 is 9.88 Å². The number of aromatic nitrogens is 1. The number of ether oxygens (including phenoxy) is 1. The van der Waals surface area contributed by atoms with E-state index in [1.807, 2.05) is 35.4 Å². The van der Waals surface area contributed by atoms with E-state index in [0.29, 0.717) is 17.7 Å². The zero-order valence-corrected chi connectivity index (χ0v) is 13.8. The van der Waals surface area contributed by atoms with E-state index in [-0.39, 0.29) is 4.90 Å². The Morgan fingerprint density at radius 2 is 2.10 bits per heavy atom. The van der Waals surface area contributed by atoms with Crippen molar-refractivity contribution in [3.05, 3.63) is 24.4 Å². The smallest absolute Gasteiger partial charge is 0.240 e. The highest BCUT2D eigenvalue weighted by Gasteiger charge is 2.20. The van der Waals surface area contributed by atoms with Crippen LogP contribution in [0.2, 0.25) is 0 Å². The number of primary sulfonamides is 1. The van der Waals surface area contributed by atoms with Crippen molar-refractivity contribution in [2.24, 2.45) is 5.14 Å². The fourth-order valence-corrected chi connectivity index (χ4v) is 3.64. The second-order valence-corrected chi connectivity index (χ2v) is 7.44. The average molecular weight is 328 g/mol. The van der Waals surface area contributed by atoms with E-state index >= 15 is 0 Å². The first kappa shape index (κ1) is 16.2. The van der Waals surface area contributed by atoms with Gasteiger partial charge in [0, 0.05) is 18.5 Å². The van der Waals surface area contributed by atoms with Crippen molar-refractivity contribution >= 4 is 32.7 Å². The Morgan fingerprint density at radius 3 is 2.71 bits per heavy atom. The molecule has 0 aliphatic rings. The maximum Gasteiger partial charge on any atom is 0.240 e. The molecule has 5 nitrogen and oxygen atoms in total. The largest absolute Gasteiger partial charge is 0.493 e. The molecule has 0 saturated carbocycles. The summed E-state index contributed by atoms with van der Waals surface area (Å²) in [5.74, 6) is 2.51. The maximum absolute atomic E-state index is 11.9. The molecular weight excluding hydrogens is 308 g/mol. The highest BCUT2D eigenvalue weighted by atomic mass is 32.2. The third-order valence-electron chi connectivity index (χ3n) is 3.12. The van der Waals surface area contributed by atoms with Gasteiger partial charge in [0.1, 0.15) is 10.6 Å². The first-order valence-electron chi connectivity index (χ1n) is 6.84. The van der Waals surface area contributed by atoms with E-state index in [2.05, 4.69) is 6.92 Å². The molecule has 0 aliphatic carbocycles. The number of hydrogen-bond donors (Lipinski definition) is 1. The molecule has 0 spiro atoms. The summed E-state index contributed by atoms with van der Waals surface area (Å²) in [5.41, 5.74) is 0.835. The highest BCUT2D eigenvalue weighted by molar-refractivity contribution is 7.99. The molecule has 7 heteroatoms. The fraction of sp³-hybridized carbons (Fsp3) is 0.429. The molecule has 0 atom stereocenters. The first-order valence-corrected chi connectivity index (χ1v) is 9.54. The van der Waals surface area contributed by atoms with E-state index in [4.69, 9.17) is 9.88 Å². The van der Waals surface area contributed by atoms with Crippen molar-refractivity contribution in [1.29, 1.82) is 0 Å². The van der Waals surface area contributed by atoms with E-state index in [9.17, 15) is 8.42 Å². The van der Waals surface area contributed by atoms with Gasteiger partial charge in [-0.1, -0.05) is 13.0 Å². The second-order valence-electron chi connectivity index (χ2n) is 4.51. The monoisotopic (exact) mass is 328 g/mol. The van der Waals surface area contributed by atoms with Crippen molar-refractivity contribution in [2.45, 2.75) is 25.3 Å². The molecule has 1 heterocycles. The minimum Gasteiger partial charge on any atom is -0.493 e. The molecule has 0 radical (unpaired) electrons. The lowest BCUT2D eigenvalue weighted by Gasteiger charge is -2.07. The van der Waals surface area contributed by atoms with Gasteiger partial charge in [-0.2, -0.15) is 11.8 Å². The fourth-order valence-electron chi connectivity index (χ4n) is 2.27. The quantitative estimate of drug-likeness (QED) is 0.792. The molecule has 1 aromatic heterocycles. The minimum atomic E-state index is -3.79. The first-order chi connectivity index (χ1) is 9.99. The third-order valence-corrected chi connectivity index (χ3v) is 4.92. The summed E-state index contributed by atoms with van der Waals surface area (Å²) in [5, 5.41) is 5.93. The van der Waals surface area contributed by atoms with Gasteiger partial charge >= 0.3 is 0 Å². The van der Waals surface area contributed by atoms with Crippen LogP contribution in [0, 0.1) is 0 Å². The lowest BCUT2D eigenvalue weighted by atomic mass is 10.2. The summed E-state index contributed by atoms with van der Waals surface area (Å²) < 4.78 is 31.2. The van der Waals surface area contributed by atoms with Crippen LogP contribution in [-0.4, -0.2) is 31.1 Å². The molecule has 21 heavy (non-hydrogen) atoms. The molecule has 1 aromatic carbocycles. The molecule has 2 N–H and O–H groups in total. The van der Waals surface area contributed by atoms with Gasteiger partial charge < -0.3 is 9.30 Å². The molecule has 0 saturated heterocycles. The summed E-state index contributed by atoms with van der Waals surface area (Å²) in [6.45, 7) is 5.17. The number of fused-ring (bicyclic) bond motifs is 1. The van der Waals surface area contributed by atoms with Crippen molar-refractivity contribution in [3.63, 3.8) is 0 Å². The number of benzene rings is 1. The van der Waals surface area contributed by atoms with Gasteiger partial charge in [-0.15, -0.1) is 0 Å². The van der Waals surface area contributed by atoms with Crippen molar-refractivity contribution < 1.29 is 13.2 Å². The van der Waals surface area contributed by atoms with Crippen LogP contribution >= 0.6 is 11.8 Å². The molecule has 0 amide bonds. The Balaban J connectivity index is 2.59. The van der Waals surface area contributed by atoms with Gasteiger partial charge in [0.05, 0.1) is 17.5 Å². The van der Waals surface area contributed by atoms with Gasteiger partial charge in [0.2, 0.25) is 10.0 Å². The maximum atomic E-state index is 11.9. The van der Waals surface area contributed by atoms with Crippen molar-refractivity contribution in [3.8, 4) is 5.75 Å². The summed E-state index contributed by atoms with van der Waals surface area (Å²) in [7, 11) is -3.79. The number of thioether (sulfide) groups is 1. The van der Waals surface area contributed by atoms with Crippen LogP contribution in [0.25, 0.3) is 10.9 Å². The predicted octanol–water partition coefficient (Wildman–Crippen LogP) is 2.44. The number of nitrogens with two attached hydrogens (primary N) is 1. The SMILES string of the molecule is CCOc1cccc2c1c(S(N)(=O)=O)cn2CCSCC. The molecule has 0 bridgehead atoms. The zero-order valence-electron chi connectivity index (χ0n) is 12.2. The van der Waals surface area contributed by atoms with E-state index in [0.717, 1.165) is 23.6 Å². The second kappa shape index (κ2) is 6.72. The summed E-state index contributed by atoms with van der Waals surface area (Å²) >= 11 is 1.81. The standard InChI is InChI=1S/C14H20N2O3S2/c1-3-19-12-7-5-6-11-14(12)13(21(15,17)18)10-16(11)8-9-20-4-2/h5-7,10H,3-4,8-9H2,1-2H3,(H2,15,17,18). The van der Waals surface area contributed by atoms with Crippen molar-refractivity contribution in [1.82, 2.24) is 4.57 Å². The Hall–Kier alpha value is -1.18. The summed E-state index contributed by atoms with van der Waals surface area (Å²) in [6, 6.07) is 5.53. The van der Waals surface area contributed by atoms with Gasteiger partial charge in [0.15, 0.2) is 0 Å². The molecule has 2 rings (SSSR count). The molecule has 0 fully saturated rings. The third kappa shape index (κ3) is 3.53. The number of rotatable bonds is 7. The molecule has 2 aromatic rings. The molecule has 0 unspecified atom stereocenters. The molecular formula is C14H20N2O3S2.